The summed E-state index contributed by atoms with van der Waals surface area (Å²) in [6.45, 7) is 3.55. The molecule has 6 heteroatoms. The molecule has 31 heavy (non-hydrogen) atoms. The van der Waals surface area contributed by atoms with E-state index in [1.54, 1.807) is 12.1 Å². The topological polar surface area (TPSA) is 72.5 Å². The molecule has 0 heterocycles. The van der Waals surface area contributed by atoms with Crippen molar-refractivity contribution in [2.45, 2.75) is 33.1 Å². The Kier molecular flexibility index (Phi) is 6.28. The third-order valence-corrected chi connectivity index (χ3v) is 7.87. The minimum absolute atomic E-state index is 0.0139. The predicted octanol–water partition coefficient (Wildman–Crippen LogP) is 5.09. The van der Waals surface area contributed by atoms with E-state index in [-0.39, 0.29) is 36.1 Å². The number of fused-ring (bicyclic) bond motifs is 2. The van der Waals surface area contributed by atoms with Gasteiger partial charge in [-0.05, 0) is 68.2 Å². The highest BCUT2D eigenvalue weighted by Crippen LogP contribution is 2.53. The Morgan fingerprint density at radius 2 is 1.61 bits per heavy atom. The number of hydrogen-bond donors (Lipinski definition) is 1. The van der Waals surface area contributed by atoms with Crippen molar-refractivity contribution in [3.05, 3.63) is 63.6 Å². The summed E-state index contributed by atoms with van der Waals surface area (Å²) in [6.07, 6.45) is 2.79. The number of carbonyl (C=O) groups excluding carboxylic acids is 3. The molecule has 2 aromatic rings. The molecule has 1 N–H and O–H groups in total. The molecule has 5 nitrogen and oxygen atoms in total. The number of esters is 1. The smallest absolute Gasteiger partial charge is 0.310 e. The Labute approximate surface area is 190 Å². The Hall–Kier alpha value is -2.47. The first-order chi connectivity index (χ1) is 14.8. The number of nitrogens with one attached hydrogen (secondary N) is 1. The molecule has 2 bridgehead atoms. The van der Waals surface area contributed by atoms with Crippen molar-refractivity contribution in [2.75, 3.05) is 11.9 Å². The maximum Gasteiger partial charge on any atom is 0.310 e. The van der Waals surface area contributed by atoms with Gasteiger partial charge in [0.25, 0.3) is 5.91 Å². The number of carbonyl (C=O) groups is 3. The number of ether oxygens (including phenoxy) is 1. The van der Waals surface area contributed by atoms with Gasteiger partial charge in [-0.3, -0.25) is 14.4 Å². The molecule has 2 fully saturated rings. The number of aryl methyl sites for hydroxylation is 2. The van der Waals surface area contributed by atoms with E-state index in [2.05, 4.69) is 21.2 Å². The van der Waals surface area contributed by atoms with Gasteiger partial charge in [-0.2, -0.15) is 0 Å². The Morgan fingerprint density at radius 3 is 2.26 bits per heavy atom. The van der Waals surface area contributed by atoms with Crippen LogP contribution in [0.25, 0.3) is 0 Å². The maximum absolute atomic E-state index is 13.1. The van der Waals surface area contributed by atoms with E-state index < -0.39 is 11.9 Å². The van der Waals surface area contributed by atoms with Crippen LogP contribution in [-0.2, 0) is 14.3 Å². The molecule has 0 unspecified atom stereocenters. The number of rotatable bonds is 6. The molecule has 4 rings (SSSR count). The highest BCUT2D eigenvalue weighted by molar-refractivity contribution is 9.10. The summed E-state index contributed by atoms with van der Waals surface area (Å²) in [6, 6.07) is 12.9. The van der Waals surface area contributed by atoms with E-state index in [1.807, 2.05) is 44.2 Å². The lowest BCUT2D eigenvalue weighted by atomic mass is 9.75. The highest BCUT2D eigenvalue weighted by atomic mass is 79.9. The summed E-state index contributed by atoms with van der Waals surface area (Å²) < 4.78 is 6.40. The number of Topliss-reactive ketones (excluding diaryl/α,β-unsaturated/α-hetero) is 1. The maximum atomic E-state index is 13.1. The number of anilines is 1. The summed E-state index contributed by atoms with van der Waals surface area (Å²) in [5.41, 5.74) is 3.32. The Morgan fingerprint density at radius 1 is 1.00 bits per heavy atom. The SMILES string of the molecule is Cc1cc(NC(=O)COC(=O)[C@@H]2[C@H]3CC[C@@H](C3)[C@@H]2C(=O)c2ccccc2)cc(C)c1Br. The molecular formula is C25H26BrNO4. The zero-order chi connectivity index (χ0) is 22.1. The van der Waals surface area contributed by atoms with E-state index in [0.717, 1.165) is 34.9 Å². The number of benzene rings is 2. The molecule has 0 aliphatic heterocycles. The second kappa shape index (κ2) is 8.95. The molecule has 2 aliphatic rings. The zero-order valence-electron chi connectivity index (χ0n) is 17.7. The molecule has 0 spiro atoms. The standard InChI is InChI=1S/C25H26BrNO4/c1-14-10-19(11-15(2)23(14)26)27-20(28)13-31-25(30)22-18-9-8-17(12-18)21(22)24(29)16-6-4-3-5-7-16/h3-7,10-11,17-18,21-22H,8-9,12-13H2,1-2H3,(H,27,28)/t17-,18-,21-,22+/m0/s1. The van der Waals surface area contributed by atoms with Crippen LogP contribution in [0.5, 0.6) is 0 Å². The number of ketones is 1. The van der Waals surface area contributed by atoms with Crippen LogP contribution >= 0.6 is 15.9 Å². The summed E-state index contributed by atoms with van der Waals surface area (Å²) in [4.78, 5) is 38.4. The van der Waals surface area contributed by atoms with Crippen LogP contribution in [-0.4, -0.2) is 24.3 Å². The first kappa shape index (κ1) is 21.8. The van der Waals surface area contributed by atoms with Gasteiger partial charge in [-0.15, -0.1) is 0 Å². The second-order valence-electron chi connectivity index (χ2n) is 8.69. The lowest BCUT2D eigenvalue weighted by Crippen LogP contribution is -2.37. The van der Waals surface area contributed by atoms with Gasteiger partial charge in [0.2, 0.25) is 0 Å². The fourth-order valence-corrected chi connectivity index (χ4v) is 5.48. The fourth-order valence-electron chi connectivity index (χ4n) is 5.25. The minimum atomic E-state index is -0.462. The van der Waals surface area contributed by atoms with Crippen molar-refractivity contribution in [1.29, 1.82) is 0 Å². The van der Waals surface area contributed by atoms with Crippen molar-refractivity contribution in [3.63, 3.8) is 0 Å². The lowest BCUT2D eigenvalue weighted by molar-refractivity contribution is -0.154. The van der Waals surface area contributed by atoms with Gasteiger partial charge < -0.3 is 10.1 Å². The van der Waals surface area contributed by atoms with Crippen LogP contribution < -0.4 is 5.32 Å². The molecule has 4 atom stereocenters. The van der Waals surface area contributed by atoms with Crippen LogP contribution in [0, 0.1) is 37.5 Å². The molecular weight excluding hydrogens is 458 g/mol. The fraction of sp³-hybridized carbons (Fsp3) is 0.400. The number of amides is 1. The monoisotopic (exact) mass is 483 g/mol. The first-order valence-corrected chi connectivity index (χ1v) is 11.5. The van der Waals surface area contributed by atoms with Crippen LogP contribution in [0.3, 0.4) is 0 Å². The average Bonchev–Trinajstić information content (AvgIpc) is 3.37. The molecule has 2 aliphatic carbocycles. The molecule has 0 aromatic heterocycles. The van der Waals surface area contributed by atoms with Crippen LogP contribution in [0.4, 0.5) is 5.69 Å². The van der Waals surface area contributed by atoms with E-state index in [9.17, 15) is 14.4 Å². The second-order valence-corrected chi connectivity index (χ2v) is 9.49. The number of halogens is 1. The van der Waals surface area contributed by atoms with Gasteiger partial charge in [-0.1, -0.05) is 46.3 Å². The molecule has 2 aromatic carbocycles. The number of hydrogen-bond acceptors (Lipinski definition) is 4. The third kappa shape index (κ3) is 4.45. The normalized spacial score (nSPS) is 24.1. The predicted molar refractivity (Wildman–Crippen MR) is 122 cm³/mol. The summed E-state index contributed by atoms with van der Waals surface area (Å²) in [5, 5.41) is 2.79. The van der Waals surface area contributed by atoms with Gasteiger partial charge >= 0.3 is 5.97 Å². The van der Waals surface area contributed by atoms with E-state index in [1.165, 1.54) is 0 Å². The molecule has 0 radical (unpaired) electrons. The average molecular weight is 484 g/mol. The lowest BCUT2D eigenvalue weighted by Gasteiger charge is -2.28. The van der Waals surface area contributed by atoms with Crippen LogP contribution in [0.15, 0.2) is 46.9 Å². The molecule has 2 saturated carbocycles. The first-order valence-electron chi connectivity index (χ1n) is 10.7. The largest absolute Gasteiger partial charge is 0.455 e. The van der Waals surface area contributed by atoms with Gasteiger partial charge in [0.05, 0.1) is 5.92 Å². The van der Waals surface area contributed by atoms with Crippen molar-refractivity contribution in [1.82, 2.24) is 0 Å². The van der Waals surface area contributed by atoms with Crippen molar-refractivity contribution < 1.29 is 19.1 Å². The van der Waals surface area contributed by atoms with Gasteiger partial charge in [-0.25, -0.2) is 0 Å². The summed E-state index contributed by atoms with van der Waals surface area (Å²) in [7, 11) is 0. The minimum Gasteiger partial charge on any atom is -0.455 e. The summed E-state index contributed by atoms with van der Waals surface area (Å²) >= 11 is 3.51. The third-order valence-electron chi connectivity index (χ3n) is 6.62. The van der Waals surface area contributed by atoms with E-state index >= 15 is 0 Å². The quantitative estimate of drug-likeness (QED) is 0.458. The van der Waals surface area contributed by atoms with Gasteiger partial charge in [0.15, 0.2) is 12.4 Å². The zero-order valence-corrected chi connectivity index (χ0v) is 19.3. The highest BCUT2D eigenvalue weighted by Gasteiger charge is 2.54. The Bertz CT molecular complexity index is 996. The molecule has 1 amide bonds. The van der Waals surface area contributed by atoms with Crippen molar-refractivity contribution >= 4 is 39.3 Å². The van der Waals surface area contributed by atoms with E-state index in [0.29, 0.717) is 11.3 Å². The Balaban J connectivity index is 1.40. The van der Waals surface area contributed by atoms with E-state index in [4.69, 9.17) is 4.74 Å². The van der Waals surface area contributed by atoms with Crippen LogP contribution in [0.2, 0.25) is 0 Å². The van der Waals surface area contributed by atoms with Crippen molar-refractivity contribution in [3.8, 4) is 0 Å². The summed E-state index contributed by atoms with van der Waals surface area (Å²) in [5.74, 6) is -1.24. The van der Waals surface area contributed by atoms with Crippen molar-refractivity contribution in [2.24, 2.45) is 23.7 Å². The van der Waals surface area contributed by atoms with Crippen LogP contribution in [0.1, 0.15) is 40.7 Å². The molecule has 162 valence electrons. The van der Waals surface area contributed by atoms with Gasteiger partial charge in [0, 0.05) is 21.6 Å². The van der Waals surface area contributed by atoms with Gasteiger partial charge in [0.1, 0.15) is 0 Å². The molecule has 0 saturated heterocycles.